The summed E-state index contributed by atoms with van der Waals surface area (Å²) < 4.78 is 1.13. The van der Waals surface area contributed by atoms with E-state index in [4.69, 9.17) is 5.73 Å². The molecule has 1 fully saturated rings. The van der Waals surface area contributed by atoms with Crippen molar-refractivity contribution in [1.29, 1.82) is 0 Å². The molecule has 0 aromatic heterocycles. The summed E-state index contributed by atoms with van der Waals surface area (Å²) in [6.07, 6.45) is 0. The number of nitrogens with two attached hydrogens (primary N) is 1. The molecule has 0 bridgehead atoms. The second-order valence-electron chi connectivity index (χ2n) is 5.83. The fraction of sp³-hybridized carbons (Fsp3) is 0.625. The highest BCUT2D eigenvalue weighted by Crippen LogP contribution is 2.28. The van der Waals surface area contributed by atoms with E-state index in [1.807, 2.05) is 0 Å². The molecule has 0 saturated carbocycles. The van der Waals surface area contributed by atoms with Gasteiger partial charge >= 0.3 is 0 Å². The Labute approximate surface area is 131 Å². The fourth-order valence-corrected chi connectivity index (χ4v) is 3.70. The zero-order chi connectivity index (χ0) is 14.7. The van der Waals surface area contributed by atoms with Gasteiger partial charge in [0.05, 0.1) is 0 Å². The summed E-state index contributed by atoms with van der Waals surface area (Å²) in [5.41, 5.74) is 7.60. The maximum absolute atomic E-state index is 6.29. The Bertz CT molecular complexity index is 435. The van der Waals surface area contributed by atoms with Crippen LogP contribution in [0.15, 0.2) is 28.7 Å². The van der Waals surface area contributed by atoms with Crippen molar-refractivity contribution in [1.82, 2.24) is 9.80 Å². The minimum absolute atomic E-state index is 0.129. The Hall–Kier alpha value is -0.420. The predicted molar refractivity (Wildman–Crippen MR) is 88.8 cm³/mol. The normalized spacial score (nSPS) is 24.6. The quantitative estimate of drug-likeness (QED) is 0.915. The molecule has 1 heterocycles. The first-order valence-electron chi connectivity index (χ1n) is 7.52. The van der Waals surface area contributed by atoms with Crippen molar-refractivity contribution in [3.8, 4) is 0 Å². The Kier molecular flexibility index (Phi) is 5.61. The Morgan fingerprint density at radius 2 is 2.15 bits per heavy atom. The second-order valence-corrected chi connectivity index (χ2v) is 6.75. The van der Waals surface area contributed by atoms with Crippen molar-refractivity contribution in [3.05, 3.63) is 34.3 Å². The van der Waals surface area contributed by atoms with Crippen molar-refractivity contribution < 1.29 is 0 Å². The number of rotatable bonds is 4. The van der Waals surface area contributed by atoms with E-state index in [0.717, 1.165) is 30.7 Å². The van der Waals surface area contributed by atoms with Crippen LogP contribution in [0.5, 0.6) is 0 Å². The number of halogens is 1. The molecule has 20 heavy (non-hydrogen) atoms. The molecule has 1 saturated heterocycles. The fourth-order valence-electron chi connectivity index (χ4n) is 3.28. The number of nitrogens with zero attached hydrogens (tertiary/aromatic N) is 2. The van der Waals surface area contributed by atoms with Crippen molar-refractivity contribution in [2.75, 3.05) is 26.2 Å². The molecule has 3 unspecified atom stereocenters. The van der Waals surface area contributed by atoms with Crippen molar-refractivity contribution >= 4 is 15.9 Å². The van der Waals surface area contributed by atoms with Gasteiger partial charge in [-0.1, -0.05) is 35.0 Å². The molecule has 2 N–H and O–H groups in total. The summed E-state index contributed by atoms with van der Waals surface area (Å²) in [5, 5.41) is 0. The van der Waals surface area contributed by atoms with Crippen LogP contribution in [-0.2, 0) is 0 Å². The van der Waals surface area contributed by atoms with Gasteiger partial charge in [0, 0.05) is 42.2 Å². The van der Waals surface area contributed by atoms with E-state index in [-0.39, 0.29) is 6.04 Å². The van der Waals surface area contributed by atoms with Crippen LogP contribution >= 0.6 is 15.9 Å². The third kappa shape index (κ3) is 3.61. The minimum Gasteiger partial charge on any atom is -0.326 e. The molecule has 0 radical (unpaired) electrons. The molecular formula is C16H26BrN3. The maximum Gasteiger partial charge on any atom is 0.0498 e. The number of likely N-dealkylation sites (N-methyl/N-ethyl adjacent to an activating group) is 1. The Balaban J connectivity index is 2.18. The van der Waals surface area contributed by atoms with Gasteiger partial charge in [0.1, 0.15) is 0 Å². The van der Waals surface area contributed by atoms with Crippen LogP contribution in [0.4, 0.5) is 0 Å². The molecule has 3 atom stereocenters. The van der Waals surface area contributed by atoms with Crippen LogP contribution in [0, 0.1) is 0 Å². The van der Waals surface area contributed by atoms with Crippen LogP contribution in [0.3, 0.4) is 0 Å². The van der Waals surface area contributed by atoms with E-state index < -0.39 is 0 Å². The van der Waals surface area contributed by atoms with Crippen molar-refractivity contribution in [3.63, 3.8) is 0 Å². The van der Waals surface area contributed by atoms with Gasteiger partial charge in [0.15, 0.2) is 0 Å². The first kappa shape index (κ1) is 16.0. The lowest BCUT2D eigenvalue weighted by Gasteiger charge is -2.44. The first-order valence-corrected chi connectivity index (χ1v) is 8.31. The third-order valence-electron chi connectivity index (χ3n) is 4.28. The summed E-state index contributed by atoms with van der Waals surface area (Å²) in [6, 6.07) is 9.58. The van der Waals surface area contributed by atoms with Crippen LogP contribution in [-0.4, -0.2) is 48.1 Å². The van der Waals surface area contributed by atoms with Crippen LogP contribution < -0.4 is 5.73 Å². The molecule has 1 aromatic rings. The number of piperazine rings is 1. The summed E-state index contributed by atoms with van der Waals surface area (Å²) in [6.45, 7) is 11.1. The molecule has 1 aliphatic heterocycles. The standard InChI is InChI=1S/C16H26BrN3/c1-4-19-8-9-20(11-12(19)2)16(13(3)18)14-6-5-7-15(17)10-14/h5-7,10,12-13,16H,4,8-9,11,18H2,1-3H3. The van der Waals surface area contributed by atoms with E-state index >= 15 is 0 Å². The highest BCUT2D eigenvalue weighted by atomic mass is 79.9. The lowest BCUT2D eigenvalue weighted by molar-refractivity contribution is 0.0516. The van der Waals surface area contributed by atoms with E-state index in [9.17, 15) is 0 Å². The summed E-state index contributed by atoms with van der Waals surface area (Å²) in [5.74, 6) is 0. The molecule has 3 nitrogen and oxygen atoms in total. The molecular weight excluding hydrogens is 314 g/mol. The first-order chi connectivity index (χ1) is 9.52. The molecule has 4 heteroatoms. The Morgan fingerprint density at radius 1 is 1.40 bits per heavy atom. The average Bonchev–Trinajstić information content (AvgIpc) is 2.39. The molecule has 0 amide bonds. The molecule has 1 aromatic carbocycles. The smallest absolute Gasteiger partial charge is 0.0498 e. The van der Waals surface area contributed by atoms with Crippen LogP contribution in [0.25, 0.3) is 0 Å². The lowest BCUT2D eigenvalue weighted by Crippen LogP contribution is -2.54. The van der Waals surface area contributed by atoms with E-state index in [1.165, 1.54) is 5.56 Å². The van der Waals surface area contributed by atoms with E-state index in [1.54, 1.807) is 0 Å². The monoisotopic (exact) mass is 339 g/mol. The zero-order valence-electron chi connectivity index (χ0n) is 12.7. The van der Waals surface area contributed by atoms with Gasteiger partial charge in [-0.2, -0.15) is 0 Å². The van der Waals surface area contributed by atoms with Crippen molar-refractivity contribution in [2.45, 2.75) is 38.9 Å². The zero-order valence-corrected chi connectivity index (χ0v) is 14.3. The van der Waals surface area contributed by atoms with Gasteiger partial charge < -0.3 is 5.73 Å². The maximum atomic E-state index is 6.29. The number of hydrogen-bond acceptors (Lipinski definition) is 3. The number of benzene rings is 1. The molecule has 0 spiro atoms. The summed E-state index contributed by atoms with van der Waals surface area (Å²) in [7, 11) is 0. The van der Waals surface area contributed by atoms with E-state index in [2.05, 4.69) is 70.8 Å². The highest BCUT2D eigenvalue weighted by molar-refractivity contribution is 9.10. The predicted octanol–water partition coefficient (Wildman–Crippen LogP) is 2.86. The van der Waals surface area contributed by atoms with Gasteiger partial charge in [-0.3, -0.25) is 9.80 Å². The van der Waals surface area contributed by atoms with Crippen molar-refractivity contribution in [2.24, 2.45) is 5.73 Å². The second kappa shape index (κ2) is 7.03. The van der Waals surface area contributed by atoms with Gasteiger partial charge in [0.2, 0.25) is 0 Å². The molecule has 2 rings (SSSR count). The van der Waals surface area contributed by atoms with Gasteiger partial charge in [-0.05, 0) is 38.1 Å². The SMILES string of the molecule is CCN1CCN(C(c2cccc(Br)c2)C(C)N)CC1C. The summed E-state index contributed by atoms with van der Waals surface area (Å²) in [4.78, 5) is 5.08. The molecule has 1 aliphatic rings. The minimum atomic E-state index is 0.129. The highest BCUT2D eigenvalue weighted by Gasteiger charge is 2.30. The molecule has 0 aliphatic carbocycles. The van der Waals surface area contributed by atoms with Crippen LogP contribution in [0.1, 0.15) is 32.4 Å². The topological polar surface area (TPSA) is 32.5 Å². The largest absolute Gasteiger partial charge is 0.326 e. The van der Waals surface area contributed by atoms with Gasteiger partial charge in [0.25, 0.3) is 0 Å². The van der Waals surface area contributed by atoms with E-state index in [0.29, 0.717) is 12.1 Å². The lowest BCUT2D eigenvalue weighted by atomic mass is 9.97. The molecule has 112 valence electrons. The van der Waals surface area contributed by atoms with Gasteiger partial charge in [-0.25, -0.2) is 0 Å². The van der Waals surface area contributed by atoms with Crippen LogP contribution in [0.2, 0.25) is 0 Å². The number of hydrogen-bond donors (Lipinski definition) is 1. The Morgan fingerprint density at radius 3 is 2.70 bits per heavy atom. The van der Waals surface area contributed by atoms with Gasteiger partial charge in [-0.15, -0.1) is 0 Å². The summed E-state index contributed by atoms with van der Waals surface area (Å²) >= 11 is 3.57. The third-order valence-corrected chi connectivity index (χ3v) is 4.78. The average molecular weight is 340 g/mol.